The van der Waals surface area contributed by atoms with Gasteiger partial charge in [0.25, 0.3) is 0 Å². The normalized spacial score (nSPS) is 13.8. The van der Waals surface area contributed by atoms with E-state index in [0.29, 0.717) is 6.61 Å². The minimum Gasteiger partial charge on any atom is -0.477 e. The van der Waals surface area contributed by atoms with Crippen molar-refractivity contribution in [3.05, 3.63) is 66.0 Å². The van der Waals surface area contributed by atoms with E-state index in [1.165, 1.54) is 0 Å². The highest BCUT2D eigenvalue weighted by Crippen LogP contribution is 2.28. The predicted octanol–water partition coefficient (Wildman–Crippen LogP) is 3.84. The zero-order valence-corrected chi connectivity index (χ0v) is 12.9. The van der Waals surface area contributed by atoms with Crippen LogP contribution in [0.2, 0.25) is 0 Å². The highest BCUT2D eigenvalue weighted by atomic mass is 16.5. The highest BCUT2D eigenvalue weighted by Gasteiger charge is 2.21. The number of nitrogens with zero attached hydrogens (tertiary/aromatic N) is 3. The molecule has 0 radical (unpaired) electrons. The molecule has 1 aliphatic heterocycles. The molecule has 1 aromatic carbocycles. The summed E-state index contributed by atoms with van der Waals surface area (Å²) in [5.74, 6) is 0.758. The van der Waals surface area contributed by atoms with Crippen LogP contribution in [0.5, 0.6) is 5.88 Å². The van der Waals surface area contributed by atoms with E-state index in [9.17, 15) is 0 Å². The molecule has 0 aliphatic carbocycles. The molecule has 0 atom stereocenters. The first-order valence-corrected chi connectivity index (χ1v) is 7.48. The first kappa shape index (κ1) is 14.3. The number of rotatable bonds is 4. The summed E-state index contributed by atoms with van der Waals surface area (Å²) in [7, 11) is 0. The molecular formula is C18H19N3O. The lowest BCUT2D eigenvalue weighted by molar-refractivity contribution is 0.316. The molecule has 0 N–H and O–H groups in total. The summed E-state index contributed by atoms with van der Waals surface area (Å²) in [5.41, 5.74) is 3.88. The van der Waals surface area contributed by atoms with Crippen molar-refractivity contribution in [2.75, 3.05) is 6.61 Å². The molecule has 1 aliphatic rings. The Labute approximate surface area is 130 Å². The Morgan fingerprint density at radius 3 is 2.77 bits per heavy atom. The standard InChI is InChI=1S/C18H19N3O/c1-3-22-18-17(16-12-8-5-9-13-19-16)14(2)20-21(18)15-10-6-4-7-11-15/h4-11,13H,3,12H2,1-2H3. The third-order valence-electron chi connectivity index (χ3n) is 3.46. The second-order valence-corrected chi connectivity index (χ2v) is 5.00. The van der Waals surface area contributed by atoms with E-state index in [2.05, 4.69) is 16.2 Å². The molecule has 2 heterocycles. The van der Waals surface area contributed by atoms with Gasteiger partial charge in [-0.25, -0.2) is 4.68 Å². The second-order valence-electron chi connectivity index (χ2n) is 5.00. The van der Waals surface area contributed by atoms with Gasteiger partial charge >= 0.3 is 0 Å². The Balaban J connectivity index is 2.14. The predicted molar refractivity (Wildman–Crippen MR) is 88.9 cm³/mol. The number of para-hydroxylation sites is 1. The molecule has 0 saturated carbocycles. The molecule has 0 spiro atoms. The van der Waals surface area contributed by atoms with Gasteiger partial charge in [0.05, 0.1) is 29.3 Å². The minimum absolute atomic E-state index is 0.587. The van der Waals surface area contributed by atoms with Gasteiger partial charge in [0, 0.05) is 12.6 Å². The third kappa shape index (κ3) is 2.72. The molecule has 0 saturated heterocycles. The molecule has 2 aromatic rings. The SMILES string of the molecule is CCOc1c(C2=NC=CC=CC2)c(C)nn1-c1ccccc1. The lowest BCUT2D eigenvalue weighted by Gasteiger charge is -2.10. The van der Waals surface area contributed by atoms with E-state index in [4.69, 9.17) is 4.74 Å². The van der Waals surface area contributed by atoms with E-state index >= 15 is 0 Å². The van der Waals surface area contributed by atoms with Gasteiger partial charge in [-0.2, -0.15) is 5.10 Å². The number of ether oxygens (including phenoxy) is 1. The Morgan fingerprint density at radius 2 is 2.00 bits per heavy atom. The summed E-state index contributed by atoms with van der Waals surface area (Å²) in [4.78, 5) is 4.54. The van der Waals surface area contributed by atoms with Gasteiger partial charge in [0.1, 0.15) is 0 Å². The van der Waals surface area contributed by atoms with Crippen LogP contribution in [-0.4, -0.2) is 22.1 Å². The van der Waals surface area contributed by atoms with Crippen LogP contribution >= 0.6 is 0 Å². The van der Waals surface area contributed by atoms with Gasteiger partial charge in [-0.3, -0.25) is 4.99 Å². The molecule has 1 aromatic heterocycles. The molecule has 0 bridgehead atoms. The zero-order valence-electron chi connectivity index (χ0n) is 12.9. The average molecular weight is 293 g/mol. The van der Waals surface area contributed by atoms with E-state index < -0.39 is 0 Å². The van der Waals surface area contributed by atoms with Gasteiger partial charge < -0.3 is 4.74 Å². The first-order valence-electron chi connectivity index (χ1n) is 7.48. The number of aliphatic imine (C=N–C) groups is 1. The molecule has 4 heteroatoms. The summed E-state index contributed by atoms with van der Waals surface area (Å²) >= 11 is 0. The van der Waals surface area contributed by atoms with Crippen molar-refractivity contribution >= 4 is 5.71 Å². The number of aromatic nitrogens is 2. The summed E-state index contributed by atoms with van der Waals surface area (Å²) in [6.45, 7) is 4.57. The smallest absolute Gasteiger partial charge is 0.226 e. The largest absolute Gasteiger partial charge is 0.477 e. The lowest BCUT2D eigenvalue weighted by Crippen LogP contribution is -2.07. The Morgan fingerprint density at radius 1 is 1.18 bits per heavy atom. The van der Waals surface area contributed by atoms with Crippen LogP contribution in [0.25, 0.3) is 5.69 Å². The Hall–Kier alpha value is -2.62. The van der Waals surface area contributed by atoms with Crippen molar-refractivity contribution in [1.82, 2.24) is 9.78 Å². The van der Waals surface area contributed by atoms with Crippen molar-refractivity contribution in [2.24, 2.45) is 4.99 Å². The highest BCUT2D eigenvalue weighted by molar-refractivity contribution is 6.05. The van der Waals surface area contributed by atoms with Crippen LogP contribution in [0.4, 0.5) is 0 Å². The fraction of sp³-hybridized carbons (Fsp3) is 0.222. The van der Waals surface area contributed by atoms with Crippen LogP contribution in [0.1, 0.15) is 24.6 Å². The summed E-state index contributed by atoms with van der Waals surface area (Å²) in [6.07, 6.45) is 8.62. The molecule has 22 heavy (non-hydrogen) atoms. The fourth-order valence-electron chi connectivity index (χ4n) is 2.51. The Bertz CT molecular complexity index is 739. The van der Waals surface area contributed by atoms with Crippen LogP contribution < -0.4 is 4.74 Å². The van der Waals surface area contributed by atoms with Crippen LogP contribution in [0, 0.1) is 6.92 Å². The van der Waals surface area contributed by atoms with Crippen molar-refractivity contribution in [1.29, 1.82) is 0 Å². The van der Waals surface area contributed by atoms with Gasteiger partial charge in [-0.15, -0.1) is 0 Å². The first-order chi connectivity index (χ1) is 10.8. The monoisotopic (exact) mass is 293 g/mol. The molecule has 4 nitrogen and oxygen atoms in total. The number of allylic oxidation sites excluding steroid dienone is 3. The number of benzene rings is 1. The minimum atomic E-state index is 0.587. The molecule has 112 valence electrons. The average Bonchev–Trinajstić information content (AvgIpc) is 2.72. The number of hydrogen-bond acceptors (Lipinski definition) is 3. The van der Waals surface area contributed by atoms with Crippen LogP contribution in [-0.2, 0) is 0 Å². The summed E-state index contributed by atoms with van der Waals surface area (Å²) in [5, 5.41) is 4.67. The van der Waals surface area contributed by atoms with Crippen LogP contribution in [0.15, 0.2) is 59.8 Å². The number of aryl methyl sites for hydroxylation is 1. The molecule has 0 unspecified atom stereocenters. The van der Waals surface area contributed by atoms with Gasteiger partial charge in [-0.05, 0) is 32.1 Å². The summed E-state index contributed by atoms with van der Waals surface area (Å²) in [6, 6.07) is 10.0. The van der Waals surface area contributed by atoms with E-state index in [-0.39, 0.29) is 0 Å². The maximum atomic E-state index is 5.91. The van der Waals surface area contributed by atoms with Crippen molar-refractivity contribution in [3.8, 4) is 11.6 Å². The van der Waals surface area contributed by atoms with Crippen LogP contribution in [0.3, 0.4) is 0 Å². The lowest BCUT2D eigenvalue weighted by atomic mass is 10.1. The maximum absolute atomic E-state index is 5.91. The van der Waals surface area contributed by atoms with Gasteiger partial charge in [0.15, 0.2) is 0 Å². The second kappa shape index (κ2) is 6.43. The Kier molecular flexibility index (Phi) is 4.19. The molecule has 0 amide bonds. The van der Waals surface area contributed by atoms with Crippen molar-refractivity contribution in [2.45, 2.75) is 20.3 Å². The summed E-state index contributed by atoms with van der Waals surface area (Å²) < 4.78 is 7.77. The molecule has 0 fully saturated rings. The quantitative estimate of drug-likeness (QED) is 0.859. The van der Waals surface area contributed by atoms with Gasteiger partial charge in [0.2, 0.25) is 5.88 Å². The van der Waals surface area contributed by atoms with Crippen molar-refractivity contribution in [3.63, 3.8) is 0 Å². The topological polar surface area (TPSA) is 39.4 Å². The van der Waals surface area contributed by atoms with Crippen molar-refractivity contribution < 1.29 is 4.74 Å². The third-order valence-corrected chi connectivity index (χ3v) is 3.46. The van der Waals surface area contributed by atoms with E-state index in [1.54, 1.807) is 0 Å². The fourth-order valence-corrected chi connectivity index (χ4v) is 2.51. The van der Waals surface area contributed by atoms with E-state index in [0.717, 1.165) is 35.0 Å². The molecule has 3 rings (SSSR count). The zero-order chi connectivity index (χ0) is 15.4. The maximum Gasteiger partial charge on any atom is 0.226 e. The van der Waals surface area contributed by atoms with E-state index in [1.807, 2.05) is 67.2 Å². The van der Waals surface area contributed by atoms with Gasteiger partial charge in [-0.1, -0.05) is 30.4 Å². The number of hydrogen-bond donors (Lipinski definition) is 0. The molecular weight excluding hydrogens is 274 g/mol.